The molecule has 0 radical (unpaired) electrons. The van der Waals surface area contributed by atoms with Gasteiger partial charge in [0.2, 0.25) is 0 Å². The molecule has 1 amide bonds. The second-order valence-electron chi connectivity index (χ2n) is 3.87. The number of hydrogen-bond acceptors (Lipinski definition) is 3. The van der Waals surface area contributed by atoms with Gasteiger partial charge in [0.1, 0.15) is 11.6 Å². The summed E-state index contributed by atoms with van der Waals surface area (Å²) in [4.78, 5) is 12.9. The van der Waals surface area contributed by atoms with E-state index in [2.05, 4.69) is 0 Å². The monoisotopic (exact) mass is 241 g/mol. The van der Waals surface area contributed by atoms with E-state index in [0.717, 1.165) is 0 Å². The van der Waals surface area contributed by atoms with Crippen LogP contribution in [-0.4, -0.2) is 42.2 Å². The van der Waals surface area contributed by atoms with E-state index in [0.29, 0.717) is 5.75 Å². The Morgan fingerprint density at radius 1 is 1.59 bits per heavy atom. The van der Waals surface area contributed by atoms with Crippen LogP contribution in [0.2, 0.25) is 0 Å². The molecule has 0 spiro atoms. The zero-order valence-corrected chi connectivity index (χ0v) is 9.89. The summed E-state index contributed by atoms with van der Waals surface area (Å²) in [6.45, 7) is 1.66. The number of benzene rings is 1. The Bertz CT molecular complexity index is 382. The molecule has 0 saturated carbocycles. The number of nitrogens with zero attached hydrogens (tertiary/aromatic N) is 1. The minimum Gasteiger partial charge on any atom is -0.484 e. The Kier molecular flexibility index (Phi) is 4.90. The number of hydrogen-bond donors (Lipinski definition) is 1. The molecule has 0 saturated heterocycles. The van der Waals surface area contributed by atoms with Gasteiger partial charge >= 0.3 is 0 Å². The van der Waals surface area contributed by atoms with Crippen LogP contribution >= 0.6 is 0 Å². The van der Waals surface area contributed by atoms with Crippen molar-refractivity contribution in [2.24, 2.45) is 0 Å². The van der Waals surface area contributed by atoms with Gasteiger partial charge in [-0.15, -0.1) is 0 Å². The molecule has 0 heterocycles. The molecular formula is C12H16FNO3. The van der Waals surface area contributed by atoms with Crippen LogP contribution < -0.4 is 4.74 Å². The summed E-state index contributed by atoms with van der Waals surface area (Å²) >= 11 is 0. The lowest BCUT2D eigenvalue weighted by Crippen LogP contribution is -2.36. The van der Waals surface area contributed by atoms with E-state index in [-0.39, 0.29) is 19.1 Å². The van der Waals surface area contributed by atoms with Crippen molar-refractivity contribution in [3.63, 3.8) is 0 Å². The molecule has 1 aromatic carbocycles. The number of aliphatic hydroxyl groups is 1. The summed E-state index contributed by atoms with van der Waals surface area (Å²) in [5.74, 6) is -0.369. The normalized spacial score (nSPS) is 12.0. The molecule has 1 N–H and O–H groups in total. The molecule has 0 aliphatic carbocycles. The third-order valence-electron chi connectivity index (χ3n) is 2.12. The van der Waals surface area contributed by atoms with Gasteiger partial charge in [0, 0.05) is 19.7 Å². The molecule has 5 heteroatoms. The summed E-state index contributed by atoms with van der Waals surface area (Å²) in [5, 5.41) is 9.11. The first-order chi connectivity index (χ1) is 7.99. The zero-order valence-electron chi connectivity index (χ0n) is 9.89. The highest BCUT2D eigenvalue weighted by Crippen LogP contribution is 2.11. The Morgan fingerprint density at radius 2 is 2.29 bits per heavy atom. The Balaban J connectivity index is 2.43. The van der Waals surface area contributed by atoms with E-state index >= 15 is 0 Å². The first-order valence-electron chi connectivity index (χ1n) is 5.29. The SMILES string of the molecule is CC(O)CN(C)C(=O)COc1cccc(F)c1. The number of aliphatic hydroxyl groups excluding tert-OH is 1. The molecule has 0 aliphatic heterocycles. The Hall–Kier alpha value is -1.62. The Labute approximate surface area is 99.6 Å². The minimum absolute atomic E-state index is 0.174. The molecule has 0 bridgehead atoms. The summed E-state index contributed by atoms with van der Waals surface area (Å²) in [6.07, 6.45) is -0.585. The number of rotatable bonds is 5. The van der Waals surface area contributed by atoms with Crippen LogP contribution in [0.25, 0.3) is 0 Å². The van der Waals surface area contributed by atoms with Crippen molar-refractivity contribution in [1.82, 2.24) is 4.90 Å². The highest BCUT2D eigenvalue weighted by Gasteiger charge is 2.11. The minimum atomic E-state index is -0.585. The molecule has 17 heavy (non-hydrogen) atoms. The number of likely N-dealkylation sites (N-methyl/N-ethyl adjacent to an activating group) is 1. The molecule has 0 aromatic heterocycles. The van der Waals surface area contributed by atoms with Crippen LogP contribution in [0.4, 0.5) is 4.39 Å². The largest absolute Gasteiger partial charge is 0.484 e. The van der Waals surface area contributed by atoms with Crippen LogP contribution in [0.5, 0.6) is 5.75 Å². The van der Waals surface area contributed by atoms with Gasteiger partial charge in [-0.3, -0.25) is 4.79 Å². The van der Waals surface area contributed by atoms with Crippen molar-refractivity contribution in [2.75, 3.05) is 20.2 Å². The lowest BCUT2D eigenvalue weighted by atomic mass is 10.3. The van der Waals surface area contributed by atoms with Crippen LogP contribution in [0.3, 0.4) is 0 Å². The predicted molar refractivity (Wildman–Crippen MR) is 61.2 cm³/mol. The van der Waals surface area contributed by atoms with Gasteiger partial charge in [-0.1, -0.05) is 6.07 Å². The van der Waals surface area contributed by atoms with Crippen LogP contribution in [0.1, 0.15) is 6.92 Å². The quantitative estimate of drug-likeness (QED) is 0.838. The van der Waals surface area contributed by atoms with E-state index in [1.807, 2.05) is 0 Å². The molecule has 0 fully saturated rings. The summed E-state index contributed by atoms with van der Waals surface area (Å²) in [5.41, 5.74) is 0. The molecular weight excluding hydrogens is 225 g/mol. The molecule has 1 atom stereocenters. The third-order valence-corrected chi connectivity index (χ3v) is 2.12. The first-order valence-corrected chi connectivity index (χ1v) is 5.29. The first kappa shape index (κ1) is 13.4. The molecule has 1 unspecified atom stereocenters. The summed E-state index contributed by atoms with van der Waals surface area (Å²) in [6, 6.07) is 5.59. The predicted octanol–water partition coefficient (Wildman–Crippen LogP) is 1.04. The highest BCUT2D eigenvalue weighted by atomic mass is 19.1. The fraction of sp³-hybridized carbons (Fsp3) is 0.417. The van der Waals surface area contributed by atoms with Crippen molar-refractivity contribution in [2.45, 2.75) is 13.0 Å². The molecule has 1 aromatic rings. The lowest BCUT2D eigenvalue weighted by molar-refractivity contribution is -0.133. The molecule has 4 nitrogen and oxygen atoms in total. The maximum atomic E-state index is 12.8. The van der Waals surface area contributed by atoms with Crippen molar-refractivity contribution in [3.05, 3.63) is 30.1 Å². The van der Waals surface area contributed by atoms with E-state index in [1.165, 1.54) is 23.1 Å². The van der Waals surface area contributed by atoms with Crippen LogP contribution in [0, 0.1) is 5.82 Å². The van der Waals surface area contributed by atoms with Gasteiger partial charge in [-0.05, 0) is 19.1 Å². The van der Waals surface area contributed by atoms with Gasteiger partial charge in [-0.25, -0.2) is 4.39 Å². The van der Waals surface area contributed by atoms with E-state index in [9.17, 15) is 9.18 Å². The number of halogens is 1. The third kappa shape index (κ3) is 4.82. The number of carbonyl (C=O) groups is 1. The standard InChI is InChI=1S/C12H16FNO3/c1-9(15)7-14(2)12(16)8-17-11-5-3-4-10(13)6-11/h3-6,9,15H,7-8H2,1-2H3. The number of ether oxygens (including phenoxy) is 1. The average molecular weight is 241 g/mol. The zero-order chi connectivity index (χ0) is 12.8. The second-order valence-corrected chi connectivity index (χ2v) is 3.87. The van der Waals surface area contributed by atoms with E-state index in [4.69, 9.17) is 9.84 Å². The second kappa shape index (κ2) is 6.20. The maximum Gasteiger partial charge on any atom is 0.260 e. The van der Waals surface area contributed by atoms with E-state index in [1.54, 1.807) is 20.0 Å². The number of amides is 1. The van der Waals surface area contributed by atoms with Crippen LogP contribution in [-0.2, 0) is 4.79 Å². The summed E-state index contributed by atoms with van der Waals surface area (Å²) < 4.78 is 18.0. The van der Waals surface area contributed by atoms with Gasteiger partial charge < -0.3 is 14.7 Å². The van der Waals surface area contributed by atoms with Gasteiger partial charge in [0.25, 0.3) is 5.91 Å². The lowest BCUT2D eigenvalue weighted by Gasteiger charge is -2.18. The molecule has 94 valence electrons. The average Bonchev–Trinajstić information content (AvgIpc) is 2.25. The van der Waals surface area contributed by atoms with Crippen molar-refractivity contribution in [3.8, 4) is 5.75 Å². The number of carbonyl (C=O) groups excluding carboxylic acids is 1. The van der Waals surface area contributed by atoms with E-state index < -0.39 is 11.9 Å². The molecule has 1 rings (SSSR count). The van der Waals surface area contributed by atoms with Crippen molar-refractivity contribution >= 4 is 5.91 Å². The fourth-order valence-electron chi connectivity index (χ4n) is 1.31. The van der Waals surface area contributed by atoms with Gasteiger partial charge in [0.15, 0.2) is 6.61 Å². The van der Waals surface area contributed by atoms with Crippen molar-refractivity contribution < 1.29 is 19.0 Å². The molecule has 0 aliphatic rings. The van der Waals surface area contributed by atoms with Gasteiger partial charge in [-0.2, -0.15) is 0 Å². The highest BCUT2D eigenvalue weighted by molar-refractivity contribution is 5.77. The Morgan fingerprint density at radius 3 is 2.88 bits per heavy atom. The smallest absolute Gasteiger partial charge is 0.260 e. The topological polar surface area (TPSA) is 49.8 Å². The maximum absolute atomic E-state index is 12.8. The fourth-order valence-corrected chi connectivity index (χ4v) is 1.31. The van der Waals surface area contributed by atoms with Crippen LogP contribution in [0.15, 0.2) is 24.3 Å². The van der Waals surface area contributed by atoms with Crippen molar-refractivity contribution in [1.29, 1.82) is 0 Å². The summed E-state index contributed by atoms with van der Waals surface area (Å²) in [7, 11) is 1.57. The van der Waals surface area contributed by atoms with Gasteiger partial charge in [0.05, 0.1) is 6.10 Å².